The lowest BCUT2D eigenvalue weighted by Crippen LogP contribution is -2.37. The van der Waals surface area contributed by atoms with Gasteiger partial charge in [-0.3, -0.25) is 4.40 Å². The molecule has 2 aromatic carbocycles. The van der Waals surface area contributed by atoms with Crippen molar-refractivity contribution in [2.45, 2.75) is 33.0 Å². The molecule has 34 heavy (non-hydrogen) atoms. The summed E-state index contributed by atoms with van der Waals surface area (Å²) in [7, 11) is 0. The number of guanidine groups is 1. The Morgan fingerprint density at radius 3 is 2.59 bits per heavy atom. The fraction of sp³-hybridized carbons (Fsp3) is 0.269. The average Bonchev–Trinajstić information content (AvgIpc) is 3.46. The monoisotopic (exact) mass is 567 g/mol. The summed E-state index contributed by atoms with van der Waals surface area (Å²) in [5.41, 5.74) is 6.17. The average molecular weight is 567 g/mol. The first-order valence-electron chi connectivity index (χ1n) is 11.5. The highest BCUT2D eigenvalue weighted by atomic mass is 127. The second-order valence-corrected chi connectivity index (χ2v) is 8.21. The third-order valence-electron chi connectivity index (χ3n) is 5.94. The van der Waals surface area contributed by atoms with Gasteiger partial charge in [-0.2, -0.15) is 0 Å². The van der Waals surface area contributed by atoms with Gasteiger partial charge in [-0.25, -0.2) is 4.99 Å². The van der Waals surface area contributed by atoms with E-state index < -0.39 is 0 Å². The van der Waals surface area contributed by atoms with Crippen LogP contribution in [0.1, 0.15) is 29.4 Å². The van der Waals surface area contributed by atoms with Gasteiger partial charge in [-0.1, -0.05) is 48.5 Å². The first-order chi connectivity index (χ1) is 16.3. The molecule has 4 aromatic rings. The number of benzene rings is 2. The van der Waals surface area contributed by atoms with Crippen molar-refractivity contribution >= 4 is 41.3 Å². The smallest absolute Gasteiger partial charge is 0.191 e. The number of rotatable bonds is 7. The van der Waals surface area contributed by atoms with Crippen molar-refractivity contribution in [2.24, 2.45) is 4.99 Å². The minimum absolute atomic E-state index is 0. The van der Waals surface area contributed by atoms with Crippen LogP contribution in [-0.4, -0.2) is 33.6 Å². The number of para-hydroxylation sites is 1. The molecule has 1 aliphatic heterocycles. The lowest BCUT2D eigenvalue weighted by Gasteiger charge is -2.19. The Morgan fingerprint density at radius 2 is 1.74 bits per heavy atom. The maximum absolute atomic E-state index is 4.75. The van der Waals surface area contributed by atoms with Gasteiger partial charge in [0, 0.05) is 31.5 Å². The van der Waals surface area contributed by atoms with Crippen LogP contribution in [0.25, 0.3) is 5.65 Å². The van der Waals surface area contributed by atoms with E-state index in [0.717, 1.165) is 43.5 Å². The lowest BCUT2D eigenvalue weighted by molar-refractivity contribution is 0.765. The standard InChI is InChI=1S/C26H29N7.HI/c1-2-27-26(29-18-25-31-30-24-9-5-6-15-33(24)25)28-17-20-10-12-21(13-11-20)19-32-16-14-22-7-3-4-8-23(22)32;/h3-13,15H,2,14,16-19H2,1H3,(H2,27,28,29);1H. The summed E-state index contributed by atoms with van der Waals surface area (Å²) < 4.78 is 1.98. The molecule has 0 bridgehead atoms. The quantitative estimate of drug-likeness (QED) is 0.200. The molecular weight excluding hydrogens is 537 g/mol. The van der Waals surface area contributed by atoms with Crippen molar-refractivity contribution in [1.82, 2.24) is 25.2 Å². The van der Waals surface area contributed by atoms with Crippen LogP contribution in [0.5, 0.6) is 0 Å². The van der Waals surface area contributed by atoms with Gasteiger partial charge in [0.25, 0.3) is 0 Å². The van der Waals surface area contributed by atoms with Gasteiger partial charge in [0.1, 0.15) is 0 Å². The maximum Gasteiger partial charge on any atom is 0.191 e. The number of hydrogen-bond donors (Lipinski definition) is 2. The Labute approximate surface area is 217 Å². The van der Waals surface area contributed by atoms with E-state index in [9.17, 15) is 0 Å². The van der Waals surface area contributed by atoms with E-state index >= 15 is 0 Å². The first kappa shape index (κ1) is 24.0. The van der Waals surface area contributed by atoms with E-state index in [2.05, 4.69) is 81.2 Å². The van der Waals surface area contributed by atoms with Gasteiger partial charge in [0.2, 0.25) is 0 Å². The Hall–Kier alpha value is -3.14. The number of nitrogens with zero attached hydrogens (tertiary/aromatic N) is 5. The van der Waals surface area contributed by atoms with Crippen LogP contribution in [0.4, 0.5) is 5.69 Å². The Balaban J connectivity index is 0.00000274. The van der Waals surface area contributed by atoms with Crippen molar-refractivity contribution in [1.29, 1.82) is 0 Å². The summed E-state index contributed by atoms with van der Waals surface area (Å²) in [5, 5.41) is 15.1. The van der Waals surface area contributed by atoms with Gasteiger partial charge in [-0.15, -0.1) is 34.2 Å². The number of aromatic nitrogens is 3. The summed E-state index contributed by atoms with van der Waals surface area (Å²) in [4.78, 5) is 7.21. The van der Waals surface area contributed by atoms with Crippen LogP contribution in [0.15, 0.2) is 77.9 Å². The number of halogens is 1. The van der Waals surface area contributed by atoms with E-state index in [4.69, 9.17) is 4.99 Å². The van der Waals surface area contributed by atoms with Gasteiger partial charge in [0.15, 0.2) is 17.4 Å². The van der Waals surface area contributed by atoms with E-state index in [0.29, 0.717) is 13.1 Å². The Morgan fingerprint density at radius 1 is 0.941 bits per heavy atom. The molecular formula is C26H30IN7. The molecule has 0 fully saturated rings. The highest BCUT2D eigenvalue weighted by Gasteiger charge is 2.18. The van der Waals surface area contributed by atoms with Crippen LogP contribution in [0.3, 0.4) is 0 Å². The van der Waals surface area contributed by atoms with Crippen LogP contribution in [0.2, 0.25) is 0 Å². The van der Waals surface area contributed by atoms with Crippen LogP contribution in [0, 0.1) is 0 Å². The molecule has 0 saturated carbocycles. The number of nitrogens with one attached hydrogen (secondary N) is 2. The zero-order valence-corrected chi connectivity index (χ0v) is 21.6. The van der Waals surface area contributed by atoms with Gasteiger partial charge >= 0.3 is 0 Å². The molecule has 176 valence electrons. The zero-order chi connectivity index (χ0) is 22.5. The molecule has 0 unspecified atom stereocenters. The largest absolute Gasteiger partial charge is 0.367 e. The summed E-state index contributed by atoms with van der Waals surface area (Å²) in [6, 6.07) is 23.4. The van der Waals surface area contributed by atoms with Crippen LogP contribution >= 0.6 is 24.0 Å². The second-order valence-electron chi connectivity index (χ2n) is 8.21. The third-order valence-corrected chi connectivity index (χ3v) is 5.94. The van der Waals surface area contributed by atoms with E-state index in [1.807, 2.05) is 28.8 Å². The van der Waals surface area contributed by atoms with Gasteiger partial charge in [-0.05, 0) is 48.2 Å². The molecule has 1 aliphatic rings. The van der Waals surface area contributed by atoms with Crippen molar-refractivity contribution in [3.05, 3.63) is 95.4 Å². The highest BCUT2D eigenvalue weighted by molar-refractivity contribution is 14.0. The minimum atomic E-state index is 0. The fourth-order valence-corrected chi connectivity index (χ4v) is 4.23. The molecule has 2 aromatic heterocycles. The number of hydrogen-bond acceptors (Lipinski definition) is 4. The highest BCUT2D eigenvalue weighted by Crippen LogP contribution is 2.28. The molecule has 0 aliphatic carbocycles. The molecule has 3 heterocycles. The zero-order valence-electron chi connectivity index (χ0n) is 19.3. The topological polar surface area (TPSA) is 69.8 Å². The summed E-state index contributed by atoms with van der Waals surface area (Å²) in [6.45, 7) is 6.05. The normalized spacial score (nSPS) is 13.0. The summed E-state index contributed by atoms with van der Waals surface area (Å²) in [5.74, 6) is 1.62. The van der Waals surface area contributed by atoms with Crippen molar-refractivity contribution in [3.8, 4) is 0 Å². The van der Waals surface area contributed by atoms with Crippen LogP contribution < -0.4 is 15.5 Å². The maximum atomic E-state index is 4.75. The predicted octanol–water partition coefficient (Wildman–Crippen LogP) is 4.17. The Kier molecular flexibility index (Phi) is 7.99. The van der Waals surface area contributed by atoms with E-state index in [1.165, 1.54) is 22.4 Å². The van der Waals surface area contributed by atoms with E-state index in [1.54, 1.807) is 0 Å². The lowest BCUT2D eigenvalue weighted by atomic mass is 10.1. The molecule has 0 radical (unpaired) electrons. The SMILES string of the molecule is CCNC(=NCc1ccc(CN2CCc3ccccc32)cc1)NCc1nnc2ccccn12.I. The molecule has 2 N–H and O–H groups in total. The van der Waals surface area contributed by atoms with E-state index in [-0.39, 0.29) is 24.0 Å². The predicted molar refractivity (Wildman–Crippen MR) is 148 cm³/mol. The molecule has 0 saturated heterocycles. The fourth-order valence-electron chi connectivity index (χ4n) is 4.23. The molecule has 0 spiro atoms. The van der Waals surface area contributed by atoms with Crippen molar-refractivity contribution in [2.75, 3.05) is 18.0 Å². The molecule has 8 heteroatoms. The second kappa shape index (κ2) is 11.3. The number of fused-ring (bicyclic) bond motifs is 2. The van der Waals surface area contributed by atoms with Gasteiger partial charge in [0.05, 0.1) is 13.1 Å². The van der Waals surface area contributed by atoms with Crippen molar-refractivity contribution < 1.29 is 0 Å². The summed E-state index contributed by atoms with van der Waals surface area (Å²) >= 11 is 0. The summed E-state index contributed by atoms with van der Waals surface area (Å²) in [6.07, 6.45) is 3.10. The minimum Gasteiger partial charge on any atom is -0.367 e. The number of aliphatic imine (C=N–C) groups is 1. The third kappa shape index (κ3) is 5.49. The number of anilines is 1. The van der Waals surface area contributed by atoms with Crippen molar-refractivity contribution in [3.63, 3.8) is 0 Å². The first-order valence-corrected chi connectivity index (χ1v) is 11.5. The van der Waals surface area contributed by atoms with Crippen LogP contribution in [-0.2, 0) is 26.1 Å². The molecule has 7 nitrogen and oxygen atoms in total. The number of pyridine rings is 1. The molecule has 0 atom stereocenters. The molecule has 0 amide bonds. The molecule has 5 rings (SSSR count). The van der Waals surface area contributed by atoms with Gasteiger partial charge < -0.3 is 15.5 Å². The Bertz CT molecular complexity index is 1250.